The summed E-state index contributed by atoms with van der Waals surface area (Å²) in [6, 6.07) is 6.17. The number of hydrogen-bond donors (Lipinski definition) is 0. The van der Waals surface area contributed by atoms with Gasteiger partial charge in [0.25, 0.3) is 5.56 Å². The van der Waals surface area contributed by atoms with Gasteiger partial charge in [0.15, 0.2) is 5.78 Å². The summed E-state index contributed by atoms with van der Waals surface area (Å²) in [6.07, 6.45) is 2.07. The number of aldehydes is 1. The normalized spacial score (nSPS) is 10.2. The van der Waals surface area contributed by atoms with Crippen molar-refractivity contribution in [2.45, 2.75) is 53.7 Å². The first-order chi connectivity index (χ1) is 14.0. The quantitative estimate of drug-likeness (QED) is 0.484. The van der Waals surface area contributed by atoms with Crippen LogP contribution in [0.25, 0.3) is 11.1 Å². The molecule has 0 bridgehead atoms. The third-order valence-corrected chi connectivity index (χ3v) is 4.08. The lowest BCUT2D eigenvalue weighted by molar-refractivity contribution is -0.108. The molecule has 6 nitrogen and oxygen atoms in total. The van der Waals surface area contributed by atoms with Crippen LogP contribution in [0.3, 0.4) is 0 Å². The van der Waals surface area contributed by atoms with Gasteiger partial charge in [-0.15, -0.1) is 0 Å². The van der Waals surface area contributed by atoms with Crippen molar-refractivity contribution in [2.24, 2.45) is 0 Å². The fourth-order valence-corrected chi connectivity index (χ4v) is 2.37. The maximum atomic E-state index is 12.1. The summed E-state index contributed by atoms with van der Waals surface area (Å²) in [5, 5.41) is 0.444. The number of carbonyl (C=O) groups is 2. The molecule has 0 spiro atoms. The Bertz CT molecular complexity index is 897. The topological polar surface area (TPSA) is 74.6 Å². The Morgan fingerprint density at radius 3 is 2.13 bits per heavy atom. The highest BCUT2D eigenvalue weighted by atomic mass is 35.5. The molecule has 1 heterocycles. The zero-order valence-corrected chi connectivity index (χ0v) is 19.8. The van der Waals surface area contributed by atoms with Crippen molar-refractivity contribution in [3.63, 3.8) is 0 Å². The van der Waals surface area contributed by atoms with E-state index in [1.165, 1.54) is 30.9 Å². The second-order valence-electron chi connectivity index (χ2n) is 6.98. The fourth-order valence-electron chi connectivity index (χ4n) is 2.19. The first-order valence-electron chi connectivity index (χ1n) is 9.62. The molecule has 0 saturated heterocycles. The van der Waals surface area contributed by atoms with Gasteiger partial charge in [0.05, 0.1) is 25.5 Å². The summed E-state index contributed by atoms with van der Waals surface area (Å²) in [5.74, 6) is 0.233. The molecule has 30 heavy (non-hydrogen) atoms. The molecule has 0 atom stereocenters. The molecule has 0 aliphatic rings. The molecular weight excluding hydrogens is 406 g/mol. The number of carbonyl (C=O) groups excluding carboxylic acids is 2. The molecule has 1 aromatic heterocycles. The van der Waals surface area contributed by atoms with Crippen LogP contribution >= 0.6 is 11.6 Å². The van der Waals surface area contributed by atoms with Crippen molar-refractivity contribution in [3.8, 4) is 16.9 Å². The number of methoxy groups -OCH3 is 2. The van der Waals surface area contributed by atoms with Crippen LogP contribution in [0, 0.1) is 0 Å². The van der Waals surface area contributed by atoms with E-state index in [2.05, 4.69) is 0 Å². The summed E-state index contributed by atoms with van der Waals surface area (Å²) in [7, 11) is 3.16. The smallest absolute Gasteiger partial charge is 0.251 e. The van der Waals surface area contributed by atoms with E-state index in [0.29, 0.717) is 33.7 Å². The summed E-state index contributed by atoms with van der Waals surface area (Å²) in [4.78, 5) is 34.5. The van der Waals surface area contributed by atoms with Gasteiger partial charge >= 0.3 is 0 Å². The highest BCUT2D eigenvalue weighted by Gasteiger charge is 2.16. The van der Waals surface area contributed by atoms with E-state index in [9.17, 15) is 14.4 Å². The van der Waals surface area contributed by atoms with Crippen molar-refractivity contribution in [3.05, 3.63) is 51.4 Å². The number of Topliss-reactive ketones (excluding diaryl/α,β-unsaturated/α-hetero) is 1. The molecule has 0 aliphatic heterocycles. The molecule has 2 rings (SSSR count). The number of nitrogens with zero attached hydrogens (tertiary/aromatic N) is 1. The van der Waals surface area contributed by atoms with E-state index in [1.807, 2.05) is 34.6 Å². The summed E-state index contributed by atoms with van der Waals surface area (Å²) in [6.45, 7) is 11.4. The largest absolute Gasteiger partial charge is 0.495 e. The number of hydrogen-bond acceptors (Lipinski definition) is 5. The lowest BCUT2D eigenvalue weighted by atomic mass is 9.97. The Balaban J connectivity index is 0.000000905. The standard InChI is InChI=1S/C16H14ClNO4.C5H12O.C2H6/c1-10(20)12-4-3-11(17)7-13(12)14-8-16(21)18(5-6-19)9-15(14)22-2;1-5(2,3)6-4;1-2/h3-4,6-9H,5H2,1-2H3;1-4H3;1-2H3. The zero-order chi connectivity index (χ0) is 23.5. The van der Waals surface area contributed by atoms with Gasteiger partial charge < -0.3 is 18.8 Å². The van der Waals surface area contributed by atoms with E-state index < -0.39 is 0 Å². The number of halogens is 1. The molecule has 0 fully saturated rings. The molecule has 0 radical (unpaired) electrons. The number of aromatic nitrogens is 1. The van der Waals surface area contributed by atoms with Crippen LogP contribution in [-0.2, 0) is 16.1 Å². The monoisotopic (exact) mass is 437 g/mol. The first kappa shape index (κ1) is 27.6. The third-order valence-electron chi connectivity index (χ3n) is 3.84. The second-order valence-corrected chi connectivity index (χ2v) is 7.41. The number of pyridine rings is 1. The minimum absolute atomic E-state index is 0.0417. The van der Waals surface area contributed by atoms with Crippen molar-refractivity contribution in [1.82, 2.24) is 4.57 Å². The van der Waals surface area contributed by atoms with E-state index in [-0.39, 0.29) is 23.5 Å². The number of ketones is 1. The molecule has 1 aromatic carbocycles. The SMILES string of the molecule is CC.COC(C)(C)C.COc1cn(CC=O)c(=O)cc1-c1cc(Cl)ccc1C(C)=O. The van der Waals surface area contributed by atoms with Crippen LogP contribution in [0.1, 0.15) is 51.9 Å². The lowest BCUT2D eigenvalue weighted by Crippen LogP contribution is -2.20. The average molecular weight is 438 g/mol. The maximum absolute atomic E-state index is 12.1. The van der Waals surface area contributed by atoms with Crippen LogP contribution < -0.4 is 10.3 Å². The van der Waals surface area contributed by atoms with Gasteiger partial charge in [0, 0.05) is 29.3 Å². The van der Waals surface area contributed by atoms with Gasteiger partial charge in [-0.3, -0.25) is 9.59 Å². The van der Waals surface area contributed by atoms with E-state index in [1.54, 1.807) is 25.3 Å². The van der Waals surface area contributed by atoms with Gasteiger partial charge in [0.2, 0.25) is 0 Å². The van der Waals surface area contributed by atoms with Gasteiger partial charge in [-0.05, 0) is 51.5 Å². The summed E-state index contributed by atoms with van der Waals surface area (Å²) in [5.41, 5.74) is 1.10. The van der Waals surface area contributed by atoms with Crippen molar-refractivity contribution >= 4 is 23.7 Å². The Morgan fingerprint density at radius 2 is 1.70 bits per heavy atom. The predicted molar refractivity (Wildman–Crippen MR) is 122 cm³/mol. The summed E-state index contributed by atoms with van der Waals surface area (Å²) < 4.78 is 11.5. The fraction of sp³-hybridized carbons (Fsp3) is 0.435. The van der Waals surface area contributed by atoms with Gasteiger partial charge in [-0.2, -0.15) is 0 Å². The lowest BCUT2D eigenvalue weighted by Gasteiger charge is -2.14. The molecule has 0 amide bonds. The molecule has 0 saturated carbocycles. The van der Waals surface area contributed by atoms with Crippen molar-refractivity contribution in [1.29, 1.82) is 0 Å². The van der Waals surface area contributed by atoms with E-state index >= 15 is 0 Å². The third kappa shape index (κ3) is 8.51. The predicted octanol–water partition coefficient (Wildman–Crippen LogP) is 5.04. The number of ether oxygens (including phenoxy) is 2. The van der Waals surface area contributed by atoms with Crippen LogP contribution in [0.2, 0.25) is 5.02 Å². The first-order valence-corrected chi connectivity index (χ1v) is 10.00. The summed E-state index contributed by atoms with van der Waals surface area (Å²) >= 11 is 6.01. The van der Waals surface area contributed by atoms with Crippen LogP contribution in [-0.4, -0.2) is 36.5 Å². The van der Waals surface area contributed by atoms with Gasteiger partial charge in [0.1, 0.15) is 12.0 Å². The minimum atomic E-state index is -0.364. The Labute approximate surface area is 183 Å². The van der Waals surface area contributed by atoms with Crippen LogP contribution in [0.15, 0.2) is 35.3 Å². The number of benzene rings is 1. The number of rotatable bonds is 5. The van der Waals surface area contributed by atoms with Crippen molar-refractivity contribution in [2.75, 3.05) is 14.2 Å². The Morgan fingerprint density at radius 1 is 1.13 bits per heavy atom. The Hall–Kier alpha value is -2.44. The molecular formula is C23H32ClNO5. The minimum Gasteiger partial charge on any atom is -0.495 e. The molecule has 0 unspecified atom stereocenters. The molecule has 7 heteroatoms. The Kier molecular flexibility index (Phi) is 11.9. The highest BCUT2D eigenvalue weighted by Crippen LogP contribution is 2.33. The van der Waals surface area contributed by atoms with Gasteiger partial charge in [-0.1, -0.05) is 25.4 Å². The maximum Gasteiger partial charge on any atom is 0.251 e. The zero-order valence-electron chi connectivity index (χ0n) is 19.0. The second kappa shape index (κ2) is 13.0. The van der Waals surface area contributed by atoms with Crippen LogP contribution in [0.5, 0.6) is 5.75 Å². The molecule has 0 N–H and O–H groups in total. The average Bonchev–Trinajstić information content (AvgIpc) is 2.70. The molecule has 0 aliphatic carbocycles. The van der Waals surface area contributed by atoms with Gasteiger partial charge in [-0.25, -0.2) is 0 Å². The van der Waals surface area contributed by atoms with E-state index in [4.69, 9.17) is 21.1 Å². The molecule has 166 valence electrons. The van der Waals surface area contributed by atoms with E-state index in [0.717, 1.165) is 0 Å². The molecule has 2 aromatic rings. The van der Waals surface area contributed by atoms with Crippen molar-refractivity contribution < 1.29 is 19.1 Å². The van der Waals surface area contributed by atoms with Crippen LogP contribution in [0.4, 0.5) is 0 Å². The highest BCUT2D eigenvalue weighted by molar-refractivity contribution is 6.31.